The highest BCUT2D eigenvalue weighted by Crippen LogP contribution is 2.25. The van der Waals surface area contributed by atoms with Crippen LogP contribution in [0.5, 0.6) is 0 Å². The van der Waals surface area contributed by atoms with E-state index in [9.17, 15) is 4.79 Å². The van der Waals surface area contributed by atoms with Gasteiger partial charge >= 0.3 is 0 Å². The predicted octanol–water partition coefficient (Wildman–Crippen LogP) is 0.891. The lowest BCUT2D eigenvalue weighted by atomic mass is 9.84. The lowest BCUT2D eigenvalue weighted by molar-refractivity contribution is -0.121. The van der Waals surface area contributed by atoms with Gasteiger partial charge in [-0.1, -0.05) is 19.8 Å². The van der Waals surface area contributed by atoms with E-state index in [0.29, 0.717) is 19.5 Å². The van der Waals surface area contributed by atoms with E-state index in [-0.39, 0.29) is 11.3 Å². The maximum atomic E-state index is 11.2. The van der Waals surface area contributed by atoms with Gasteiger partial charge in [-0.3, -0.25) is 4.79 Å². The molecule has 0 unspecified atom stereocenters. The zero-order valence-electron chi connectivity index (χ0n) is 9.10. The first kappa shape index (κ1) is 13.0. The summed E-state index contributed by atoms with van der Waals surface area (Å²) in [5.41, 5.74) is 5.62. The van der Waals surface area contributed by atoms with Crippen molar-refractivity contribution in [3.63, 3.8) is 0 Å². The summed E-state index contributed by atoms with van der Waals surface area (Å²) in [4.78, 5) is 11.2. The molecule has 0 saturated carbocycles. The van der Waals surface area contributed by atoms with Crippen molar-refractivity contribution in [1.29, 1.82) is 0 Å². The van der Waals surface area contributed by atoms with E-state index in [2.05, 4.69) is 25.1 Å². The number of carbonyl (C=O) groups is 1. The molecule has 0 aromatic heterocycles. The summed E-state index contributed by atoms with van der Waals surface area (Å²) in [5, 5.41) is 2.64. The van der Waals surface area contributed by atoms with Gasteiger partial charge in [-0.05, 0) is 24.8 Å². The number of nitrogens with one attached hydrogen (secondary N) is 1. The number of hydrogen-bond donors (Lipinski definition) is 2. The molecule has 0 aromatic rings. The number of nitrogens with two attached hydrogens (primary N) is 1. The molecular weight excluding hydrogens is 176 g/mol. The number of carbonyl (C=O) groups excluding carboxylic acids is 1. The summed E-state index contributed by atoms with van der Waals surface area (Å²) < 4.78 is 0. The van der Waals surface area contributed by atoms with E-state index in [4.69, 9.17) is 12.2 Å². The molecule has 3 nitrogen and oxygen atoms in total. The Balaban J connectivity index is 3.71. The number of rotatable bonds is 6. The summed E-state index contributed by atoms with van der Waals surface area (Å²) in [7, 11) is 0. The maximum absolute atomic E-state index is 11.2. The molecule has 0 aromatic carbocycles. The van der Waals surface area contributed by atoms with Crippen LogP contribution in [0.2, 0.25) is 0 Å². The predicted molar refractivity (Wildman–Crippen MR) is 58.5 cm³/mol. The Morgan fingerprint density at radius 3 is 2.64 bits per heavy atom. The van der Waals surface area contributed by atoms with Crippen LogP contribution in [0.4, 0.5) is 0 Å². The van der Waals surface area contributed by atoms with Crippen LogP contribution in [-0.2, 0) is 4.79 Å². The van der Waals surface area contributed by atoms with Gasteiger partial charge in [0, 0.05) is 6.42 Å². The van der Waals surface area contributed by atoms with E-state index in [0.717, 1.165) is 12.8 Å². The average Bonchev–Trinajstić information content (AvgIpc) is 2.11. The summed E-state index contributed by atoms with van der Waals surface area (Å²) in [5.74, 6) is 2.39. The van der Waals surface area contributed by atoms with Crippen LogP contribution in [0, 0.1) is 17.8 Å². The number of amides is 1. The molecule has 1 amide bonds. The third-order valence-electron chi connectivity index (χ3n) is 2.24. The zero-order chi connectivity index (χ0) is 11.0. The lowest BCUT2D eigenvalue weighted by Crippen LogP contribution is -2.26. The van der Waals surface area contributed by atoms with Crippen molar-refractivity contribution in [1.82, 2.24) is 5.32 Å². The van der Waals surface area contributed by atoms with Crippen LogP contribution >= 0.6 is 0 Å². The van der Waals surface area contributed by atoms with Crippen molar-refractivity contribution >= 4 is 5.91 Å². The first-order valence-electron chi connectivity index (χ1n) is 4.92. The van der Waals surface area contributed by atoms with E-state index in [1.807, 2.05) is 0 Å². The Bertz CT molecular complexity index is 216. The van der Waals surface area contributed by atoms with E-state index >= 15 is 0 Å². The fourth-order valence-electron chi connectivity index (χ4n) is 1.21. The molecule has 0 saturated heterocycles. The molecule has 0 atom stereocenters. The zero-order valence-corrected chi connectivity index (χ0v) is 9.10. The van der Waals surface area contributed by atoms with Crippen LogP contribution in [-0.4, -0.2) is 19.0 Å². The highest BCUT2D eigenvalue weighted by molar-refractivity contribution is 5.76. The highest BCUT2D eigenvalue weighted by Gasteiger charge is 2.17. The Morgan fingerprint density at radius 2 is 2.14 bits per heavy atom. The van der Waals surface area contributed by atoms with Crippen molar-refractivity contribution in [3.05, 3.63) is 0 Å². The molecule has 0 fully saturated rings. The molecule has 0 radical (unpaired) electrons. The number of hydrogen-bond acceptors (Lipinski definition) is 2. The Hall–Kier alpha value is -1.01. The van der Waals surface area contributed by atoms with Gasteiger partial charge in [0.15, 0.2) is 0 Å². The molecule has 0 aliphatic carbocycles. The maximum Gasteiger partial charge on any atom is 0.220 e. The van der Waals surface area contributed by atoms with Crippen LogP contribution in [0.1, 0.15) is 33.1 Å². The average molecular weight is 196 g/mol. The van der Waals surface area contributed by atoms with Crippen LogP contribution < -0.4 is 11.1 Å². The minimum Gasteiger partial charge on any atom is -0.345 e. The minimum atomic E-state index is 0.0213. The van der Waals surface area contributed by atoms with Gasteiger partial charge in [0.25, 0.3) is 0 Å². The van der Waals surface area contributed by atoms with Crippen LogP contribution in [0.3, 0.4) is 0 Å². The molecule has 3 N–H and O–H groups in total. The van der Waals surface area contributed by atoms with Gasteiger partial charge < -0.3 is 11.1 Å². The van der Waals surface area contributed by atoms with Crippen LogP contribution in [0.15, 0.2) is 0 Å². The lowest BCUT2D eigenvalue weighted by Gasteiger charge is -2.23. The molecular formula is C11H20N2O. The monoisotopic (exact) mass is 196 g/mol. The summed E-state index contributed by atoms with van der Waals surface area (Å²) in [6, 6.07) is 0. The smallest absolute Gasteiger partial charge is 0.220 e. The minimum absolute atomic E-state index is 0.0213. The molecule has 0 rings (SSSR count). The topological polar surface area (TPSA) is 55.1 Å². The van der Waals surface area contributed by atoms with E-state index in [1.54, 1.807) is 0 Å². The molecule has 80 valence electrons. The van der Waals surface area contributed by atoms with Gasteiger partial charge in [0.1, 0.15) is 0 Å². The third kappa shape index (κ3) is 6.50. The van der Waals surface area contributed by atoms with Crippen molar-refractivity contribution in [3.8, 4) is 12.3 Å². The molecule has 3 heteroatoms. The van der Waals surface area contributed by atoms with Crippen molar-refractivity contribution < 1.29 is 4.79 Å². The van der Waals surface area contributed by atoms with Gasteiger partial charge in [-0.25, -0.2) is 0 Å². The van der Waals surface area contributed by atoms with Gasteiger partial charge in [-0.2, -0.15) is 0 Å². The first-order valence-corrected chi connectivity index (χ1v) is 4.92. The molecule has 0 aliphatic heterocycles. The van der Waals surface area contributed by atoms with Crippen molar-refractivity contribution in [2.45, 2.75) is 33.1 Å². The Labute approximate surface area is 86.4 Å². The second kappa shape index (κ2) is 6.44. The van der Waals surface area contributed by atoms with Gasteiger partial charge in [-0.15, -0.1) is 6.42 Å². The van der Waals surface area contributed by atoms with E-state index < -0.39 is 0 Å². The van der Waals surface area contributed by atoms with Crippen molar-refractivity contribution in [2.24, 2.45) is 11.1 Å². The normalized spacial score (nSPS) is 10.7. The quantitative estimate of drug-likeness (QED) is 0.620. The Morgan fingerprint density at radius 1 is 1.50 bits per heavy atom. The second-order valence-corrected chi connectivity index (χ2v) is 4.18. The summed E-state index contributed by atoms with van der Waals surface area (Å²) in [6.45, 7) is 5.22. The summed E-state index contributed by atoms with van der Waals surface area (Å²) >= 11 is 0. The molecule has 0 spiro atoms. The SMILES string of the molecule is C#CCNC(=O)CCC(C)(C)CCN. The molecule has 0 bridgehead atoms. The summed E-state index contributed by atoms with van der Waals surface area (Å²) in [6.07, 6.45) is 7.34. The van der Waals surface area contributed by atoms with Gasteiger partial charge in [0.2, 0.25) is 5.91 Å². The fraction of sp³-hybridized carbons (Fsp3) is 0.727. The first-order chi connectivity index (χ1) is 6.52. The second-order valence-electron chi connectivity index (χ2n) is 4.18. The van der Waals surface area contributed by atoms with Crippen LogP contribution in [0.25, 0.3) is 0 Å². The third-order valence-corrected chi connectivity index (χ3v) is 2.24. The van der Waals surface area contributed by atoms with Gasteiger partial charge in [0.05, 0.1) is 6.54 Å². The Kier molecular flexibility index (Phi) is 5.98. The molecule has 0 heterocycles. The molecule has 14 heavy (non-hydrogen) atoms. The highest BCUT2D eigenvalue weighted by atomic mass is 16.1. The number of terminal acetylenes is 1. The van der Waals surface area contributed by atoms with E-state index in [1.165, 1.54) is 0 Å². The largest absolute Gasteiger partial charge is 0.345 e. The molecule has 0 aliphatic rings. The van der Waals surface area contributed by atoms with Crippen molar-refractivity contribution in [2.75, 3.05) is 13.1 Å². The standard InChI is InChI=1S/C11H20N2O/c1-4-9-13-10(14)5-6-11(2,3)7-8-12/h1H,5-9,12H2,2-3H3,(H,13,14). The fourth-order valence-corrected chi connectivity index (χ4v) is 1.21.